The molecule has 0 fully saturated rings. The number of anilines is 1. The molecular weight excluding hydrogens is 334 g/mol. The number of halogens is 1. The lowest BCUT2D eigenvalue weighted by atomic mass is 10.3. The normalized spacial score (nSPS) is 9.67. The number of nitrogens with two attached hydrogens (primary N) is 1. The van der Waals surface area contributed by atoms with Crippen LogP contribution in [0.3, 0.4) is 0 Å². The first-order valence-corrected chi connectivity index (χ1v) is 7.38. The average Bonchev–Trinajstić information content (AvgIpc) is 2.96. The van der Waals surface area contributed by atoms with Crippen molar-refractivity contribution in [2.24, 2.45) is 5.73 Å². The van der Waals surface area contributed by atoms with Crippen LogP contribution in [0.1, 0.15) is 15.2 Å². The molecule has 0 aliphatic heterocycles. The summed E-state index contributed by atoms with van der Waals surface area (Å²) < 4.78 is 0.918. The van der Waals surface area contributed by atoms with Gasteiger partial charge in [0.05, 0.1) is 27.0 Å². The number of carbonyl (C=O) groups is 1. The predicted octanol–water partition coefficient (Wildman–Crippen LogP) is 2.53. The van der Waals surface area contributed by atoms with Crippen LogP contribution >= 0.6 is 38.6 Å². The minimum absolute atomic E-state index is 0.176. The van der Waals surface area contributed by atoms with Crippen LogP contribution in [-0.2, 0) is 0 Å². The van der Waals surface area contributed by atoms with Crippen molar-refractivity contribution in [2.45, 2.75) is 0 Å². The molecule has 3 N–H and O–H groups in total. The molecule has 7 heteroatoms. The van der Waals surface area contributed by atoms with Gasteiger partial charge in [0.25, 0.3) is 5.91 Å². The first kappa shape index (κ1) is 13.2. The van der Waals surface area contributed by atoms with E-state index in [9.17, 15) is 4.79 Å². The van der Waals surface area contributed by atoms with Gasteiger partial charge in [0.2, 0.25) is 0 Å². The summed E-state index contributed by atoms with van der Waals surface area (Å²) >= 11 is 6.10. The number of rotatable bonds is 2. The van der Waals surface area contributed by atoms with Crippen molar-refractivity contribution in [3.8, 4) is 11.8 Å². The molecule has 2 rings (SSSR count). The van der Waals surface area contributed by atoms with E-state index >= 15 is 0 Å². The Bertz CT molecular complexity index is 624. The van der Waals surface area contributed by atoms with Crippen molar-refractivity contribution in [3.63, 3.8) is 0 Å². The number of aromatic nitrogens is 1. The van der Waals surface area contributed by atoms with Crippen LogP contribution in [-0.4, -0.2) is 17.4 Å². The maximum absolute atomic E-state index is 11.8. The SMILES string of the molecule is NCC#Cc1cnc(NC(=O)c2csc(Br)c2)s1. The second-order valence-electron chi connectivity index (χ2n) is 3.13. The molecule has 2 aromatic heterocycles. The van der Waals surface area contributed by atoms with E-state index in [0.29, 0.717) is 17.2 Å². The molecule has 1 amide bonds. The van der Waals surface area contributed by atoms with E-state index in [1.54, 1.807) is 17.6 Å². The zero-order valence-corrected chi connectivity index (χ0v) is 12.3. The summed E-state index contributed by atoms with van der Waals surface area (Å²) in [6, 6.07) is 1.77. The first-order valence-electron chi connectivity index (χ1n) is 4.89. The summed E-state index contributed by atoms with van der Waals surface area (Å²) in [4.78, 5) is 16.7. The third-order valence-corrected chi connectivity index (χ3v) is 4.20. The van der Waals surface area contributed by atoms with Crippen LogP contribution in [0.4, 0.5) is 5.13 Å². The third-order valence-electron chi connectivity index (χ3n) is 1.87. The zero-order chi connectivity index (χ0) is 13.0. The van der Waals surface area contributed by atoms with Gasteiger partial charge in [0.15, 0.2) is 5.13 Å². The van der Waals surface area contributed by atoms with Gasteiger partial charge in [-0.05, 0) is 22.0 Å². The lowest BCUT2D eigenvalue weighted by Gasteiger charge is -1.97. The second kappa shape index (κ2) is 6.11. The molecule has 92 valence electrons. The Labute approximate surface area is 120 Å². The quantitative estimate of drug-likeness (QED) is 0.824. The highest BCUT2D eigenvalue weighted by atomic mass is 79.9. The summed E-state index contributed by atoms with van der Waals surface area (Å²) in [5.41, 5.74) is 5.89. The number of hydrogen-bond acceptors (Lipinski definition) is 5. The summed E-state index contributed by atoms with van der Waals surface area (Å²) in [7, 11) is 0. The van der Waals surface area contributed by atoms with Gasteiger partial charge in [-0.15, -0.1) is 11.3 Å². The Kier molecular flexibility index (Phi) is 4.49. The van der Waals surface area contributed by atoms with E-state index < -0.39 is 0 Å². The molecular formula is C11H8BrN3OS2. The number of amides is 1. The summed E-state index contributed by atoms with van der Waals surface area (Å²) in [5, 5.41) is 5.03. The number of thiazole rings is 1. The van der Waals surface area contributed by atoms with E-state index in [0.717, 1.165) is 8.66 Å². The smallest absolute Gasteiger partial charge is 0.258 e. The lowest BCUT2D eigenvalue weighted by molar-refractivity contribution is 0.102. The highest BCUT2D eigenvalue weighted by Gasteiger charge is 2.10. The molecule has 18 heavy (non-hydrogen) atoms. The van der Waals surface area contributed by atoms with Crippen molar-refractivity contribution in [3.05, 3.63) is 31.9 Å². The number of nitrogens with zero attached hydrogens (tertiary/aromatic N) is 1. The average molecular weight is 342 g/mol. The molecule has 0 aromatic carbocycles. The van der Waals surface area contributed by atoms with Crippen molar-refractivity contribution in [1.29, 1.82) is 0 Å². The van der Waals surface area contributed by atoms with E-state index in [1.165, 1.54) is 22.7 Å². The minimum atomic E-state index is -0.176. The molecule has 0 bridgehead atoms. The molecule has 2 heterocycles. The van der Waals surface area contributed by atoms with Gasteiger partial charge in [0, 0.05) is 5.38 Å². The molecule has 4 nitrogen and oxygen atoms in total. The number of carbonyl (C=O) groups excluding carboxylic acids is 1. The van der Waals surface area contributed by atoms with Gasteiger partial charge in [-0.25, -0.2) is 4.98 Å². The molecule has 0 atom stereocenters. The third kappa shape index (κ3) is 3.40. The fraction of sp³-hybridized carbons (Fsp3) is 0.0909. The standard InChI is InChI=1S/C11H8BrN3OS2/c12-9-4-7(6-17-9)10(16)15-11-14-5-8(18-11)2-1-3-13/h4-6H,3,13H2,(H,14,15,16). The summed E-state index contributed by atoms with van der Waals surface area (Å²) in [5.74, 6) is 5.43. The van der Waals surface area contributed by atoms with Crippen molar-refractivity contribution in [2.75, 3.05) is 11.9 Å². The van der Waals surface area contributed by atoms with E-state index in [1.807, 2.05) is 0 Å². The maximum Gasteiger partial charge on any atom is 0.258 e. The van der Waals surface area contributed by atoms with Gasteiger partial charge in [-0.3, -0.25) is 10.1 Å². The van der Waals surface area contributed by atoms with E-state index in [-0.39, 0.29) is 5.91 Å². The highest BCUT2D eigenvalue weighted by molar-refractivity contribution is 9.11. The number of nitrogens with one attached hydrogen (secondary N) is 1. The first-order chi connectivity index (χ1) is 8.69. The number of hydrogen-bond donors (Lipinski definition) is 2. The van der Waals surface area contributed by atoms with Crippen LogP contribution in [0.25, 0.3) is 0 Å². The minimum Gasteiger partial charge on any atom is -0.320 e. The molecule has 0 aliphatic carbocycles. The lowest BCUT2D eigenvalue weighted by Crippen LogP contribution is -2.10. The Morgan fingerprint density at radius 1 is 1.61 bits per heavy atom. The predicted molar refractivity (Wildman–Crippen MR) is 78.0 cm³/mol. The van der Waals surface area contributed by atoms with Gasteiger partial charge in [-0.2, -0.15) is 0 Å². The monoisotopic (exact) mass is 341 g/mol. The van der Waals surface area contributed by atoms with Crippen LogP contribution in [0.2, 0.25) is 0 Å². The largest absolute Gasteiger partial charge is 0.320 e. The van der Waals surface area contributed by atoms with Crippen molar-refractivity contribution >= 4 is 49.6 Å². The zero-order valence-electron chi connectivity index (χ0n) is 9.07. The van der Waals surface area contributed by atoms with Crippen LogP contribution < -0.4 is 11.1 Å². The van der Waals surface area contributed by atoms with Crippen LogP contribution in [0, 0.1) is 11.8 Å². The Morgan fingerprint density at radius 3 is 3.11 bits per heavy atom. The molecule has 0 aliphatic rings. The second-order valence-corrected chi connectivity index (χ2v) is 6.45. The molecule has 0 spiro atoms. The molecule has 0 unspecified atom stereocenters. The molecule has 0 radical (unpaired) electrons. The molecule has 2 aromatic rings. The molecule has 0 saturated heterocycles. The summed E-state index contributed by atoms with van der Waals surface area (Å²) in [6.45, 7) is 0.308. The van der Waals surface area contributed by atoms with E-state index in [2.05, 4.69) is 38.1 Å². The maximum atomic E-state index is 11.8. The molecule has 0 saturated carbocycles. The summed E-state index contributed by atoms with van der Waals surface area (Å²) in [6.07, 6.45) is 1.62. The fourth-order valence-corrected chi connectivity index (χ4v) is 2.95. The highest BCUT2D eigenvalue weighted by Crippen LogP contribution is 2.22. The van der Waals surface area contributed by atoms with Gasteiger partial charge in [-0.1, -0.05) is 23.2 Å². The van der Waals surface area contributed by atoms with Crippen molar-refractivity contribution < 1.29 is 4.79 Å². The Morgan fingerprint density at radius 2 is 2.44 bits per heavy atom. The van der Waals surface area contributed by atoms with Crippen LogP contribution in [0.15, 0.2) is 21.4 Å². The van der Waals surface area contributed by atoms with E-state index in [4.69, 9.17) is 5.73 Å². The topological polar surface area (TPSA) is 68.0 Å². The van der Waals surface area contributed by atoms with Gasteiger partial charge >= 0.3 is 0 Å². The Hall–Kier alpha value is -1.20. The Balaban J connectivity index is 2.05. The van der Waals surface area contributed by atoms with Crippen LogP contribution in [0.5, 0.6) is 0 Å². The van der Waals surface area contributed by atoms with Crippen molar-refractivity contribution in [1.82, 2.24) is 4.98 Å². The van der Waals surface area contributed by atoms with Gasteiger partial charge < -0.3 is 5.73 Å². The van der Waals surface area contributed by atoms with Gasteiger partial charge in [0.1, 0.15) is 0 Å². The fourth-order valence-electron chi connectivity index (χ4n) is 1.13. The number of thiophene rings is 1.